The molecule has 4 rings (SSSR count). The van der Waals surface area contributed by atoms with Crippen LogP contribution in [0.3, 0.4) is 0 Å². The third kappa shape index (κ3) is 3.48. The van der Waals surface area contributed by atoms with Gasteiger partial charge in [-0.25, -0.2) is 0 Å². The second-order valence-corrected chi connectivity index (χ2v) is 8.71. The number of piperazine rings is 1. The zero-order valence-electron chi connectivity index (χ0n) is 18.5. The molecule has 0 radical (unpaired) electrons. The number of rotatable bonds is 4. The van der Waals surface area contributed by atoms with E-state index in [1.165, 1.54) is 9.80 Å². The fourth-order valence-electron chi connectivity index (χ4n) is 4.48. The van der Waals surface area contributed by atoms with E-state index in [9.17, 15) is 14.4 Å². The topological polar surface area (TPSA) is 73.8 Å². The van der Waals surface area contributed by atoms with E-state index in [-0.39, 0.29) is 43.3 Å². The van der Waals surface area contributed by atoms with Crippen molar-refractivity contribution in [3.05, 3.63) is 59.4 Å². The summed E-state index contributed by atoms with van der Waals surface area (Å²) in [5.41, 5.74) is 1.99. The summed E-state index contributed by atoms with van der Waals surface area (Å²) in [5, 5.41) is 0. The van der Waals surface area contributed by atoms with Gasteiger partial charge in [0, 0.05) is 43.1 Å². The molecule has 2 aliphatic heterocycles. The highest BCUT2D eigenvalue weighted by Crippen LogP contribution is 2.38. The van der Waals surface area contributed by atoms with Gasteiger partial charge < -0.3 is 14.7 Å². The Bertz CT molecular complexity index is 1030. The van der Waals surface area contributed by atoms with E-state index in [1.54, 1.807) is 17.2 Å². The van der Waals surface area contributed by atoms with E-state index in [4.69, 9.17) is 0 Å². The molecule has 2 saturated heterocycles. The van der Waals surface area contributed by atoms with Crippen LogP contribution in [0.15, 0.2) is 42.6 Å². The quantitative estimate of drug-likeness (QED) is 0.713. The second-order valence-electron chi connectivity index (χ2n) is 8.71. The third-order valence-corrected chi connectivity index (χ3v) is 6.25. The number of aryl methyl sites for hydroxylation is 2. The van der Waals surface area contributed by atoms with Gasteiger partial charge >= 0.3 is 0 Å². The highest BCUT2D eigenvalue weighted by atomic mass is 16.2. The van der Waals surface area contributed by atoms with Crippen molar-refractivity contribution < 1.29 is 14.4 Å². The van der Waals surface area contributed by atoms with Crippen LogP contribution in [0.5, 0.6) is 0 Å². The predicted octanol–water partition coefficient (Wildman–Crippen LogP) is 2.45. The van der Waals surface area contributed by atoms with Gasteiger partial charge in [0.2, 0.25) is 11.4 Å². The molecule has 162 valence electrons. The Morgan fingerprint density at radius 1 is 1.03 bits per heavy atom. The molecular formula is C24H28N4O3. The number of amides is 3. The Morgan fingerprint density at radius 3 is 2.39 bits per heavy atom. The number of carbonyl (C=O) groups is 3. The van der Waals surface area contributed by atoms with Crippen molar-refractivity contribution in [2.75, 3.05) is 18.0 Å². The normalized spacial score (nSPS) is 21.7. The standard InChI is InChI=1S/C24H28N4O3/c1-16(2)27-15-21(29)28(14-19-7-5-17(3)6-8-19)24(23(27)31)10-12-26(22(24)30)20-9-11-25-18(4)13-20/h5-9,11,13,16H,10,12,14-15H2,1-4H3. The summed E-state index contributed by atoms with van der Waals surface area (Å²) in [6.07, 6.45) is 1.92. The van der Waals surface area contributed by atoms with Crippen molar-refractivity contribution in [3.63, 3.8) is 0 Å². The zero-order valence-corrected chi connectivity index (χ0v) is 18.5. The van der Waals surface area contributed by atoms with Crippen LogP contribution in [-0.4, -0.2) is 57.2 Å². The molecule has 3 heterocycles. The van der Waals surface area contributed by atoms with Crippen LogP contribution < -0.4 is 4.90 Å². The summed E-state index contributed by atoms with van der Waals surface area (Å²) < 4.78 is 0. The van der Waals surface area contributed by atoms with E-state index < -0.39 is 5.54 Å². The van der Waals surface area contributed by atoms with Gasteiger partial charge in [-0.05, 0) is 45.4 Å². The van der Waals surface area contributed by atoms with E-state index in [2.05, 4.69) is 4.98 Å². The summed E-state index contributed by atoms with van der Waals surface area (Å²) in [5.74, 6) is -0.823. The van der Waals surface area contributed by atoms with Crippen LogP contribution in [0.25, 0.3) is 0 Å². The van der Waals surface area contributed by atoms with Gasteiger partial charge in [0.15, 0.2) is 0 Å². The third-order valence-electron chi connectivity index (χ3n) is 6.25. The van der Waals surface area contributed by atoms with Crippen molar-refractivity contribution in [3.8, 4) is 0 Å². The number of hydrogen-bond donors (Lipinski definition) is 0. The molecular weight excluding hydrogens is 392 g/mol. The first-order valence-electron chi connectivity index (χ1n) is 10.7. The minimum atomic E-state index is -1.51. The second kappa shape index (κ2) is 7.80. The maximum Gasteiger partial charge on any atom is 0.262 e. The number of pyridine rings is 1. The highest BCUT2D eigenvalue weighted by molar-refractivity contribution is 6.21. The predicted molar refractivity (Wildman–Crippen MR) is 117 cm³/mol. The maximum absolute atomic E-state index is 13.8. The summed E-state index contributed by atoms with van der Waals surface area (Å²) >= 11 is 0. The fraction of sp³-hybridized carbons (Fsp3) is 0.417. The number of anilines is 1. The lowest BCUT2D eigenvalue weighted by Crippen LogP contribution is -2.71. The molecule has 2 aromatic rings. The van der Waals surface area contributed by atoms with Crippen molar-refractivity contribution in [1.82, 2.24) is 14.8 Å². The van der Waals surface area contributed by atoms with Gasteiger partial charge in [-0.2, -0.15) is 0 Å². The van der Waals surface area contributed by atoms with E-state index in [0.29, 0.717) is 12.2 Å². The zero-order chi connectivity index (χ0) is 22.3. The highest BCUT2D eigenvalue weighted by Gasteiger charge is 2.62. The summed E-state index contributed by atoms with van der Waals surface area (Å²) in [4.78, 5) is 49.7. The molecule has 0 saturated carbocycles. The largest absolute Gasteiger partial charge is 0.328 e. The Balaban J connectivity index is 1.76. The molecule has 3 amide bonds. The summed E-state index contributed by atoms with van der Waals surface area (Å²) in [6.45, 7) is 8.20. The Kier molecular flexibility index (Phi) is 5.29. The molecule has 1 aromatic carbocycles. The molecule has 7 heteroatoms. The van der Waals surface area contributed by atoms with Crippen LogP contribution in [0, 0.1) is 13.8 Å². The lowest BCUT2D eigenvalue weighted by atomic mass is 9.88. The van der Waals surface area contributed by atoms with Crippen LogP contribution in [0.1, 0.15) is 37.1 Å². The number of hydrogen-bond acceptors (Lipinski definition) is 4. The monoisotopic (exact) mass is 420 g/mol. The van der Waals surface area contributed by atoms with Crippen molar-refractivity contribution in [1.29, 1.82) is 0 Å². The summed E-state index contributed by atoms with van der Waals surface area (Å²) in [7, 11) is 0. The van der Waals surface area contributed by atoms with Crippen molar-refractivity contribution in [2.24, 2.45) is 0 Å². The first-order valence-corrected chi connectivity index (χ1v) is 10.7. The molecule has 1 spiro atoms. The smallest absolute Gasteiger partial charge is 0.262 e. The average molecular weight is 421 g/mol. The first-order chi connectivity index (χ1) is 14.7. The maximum atomic E-state index is 13.8. The van der Waals surface area contributed by atoms with Gasteiger partial charge in [-0.15, -0.1) is 0 Å². The van der Waals surface area contributed by atoms with Gasteiger partial charge in [0.05, 0.1) is 0 Å². The lowest BCUT2D eigenvalue weighted by molar-refractivity contribution is -0.170. The lowest BCUT2D eigenvalue weighted by Gasteiger charge is -2.47. The molecule has 1 unspecified atom stereocenters. The number of nitrogens with zero attached hydrogens (tertiary/aromatic N) is 4. The fourth-order valence-corrected chi connectivity index (χ4v) is 4.48. The summed E-state index contributed by atoms with van der Waals surface area (Å²) in [6, 6.07) is 11.3. The number of benzene rings is 1. The molecule has 7 nitrogen and oxygen atoms in total. The molecule has 0 bridgehead atoms. The first kappa shape index (κ1) is 21.0. The molecule has 1 aromatic heterocycles. The van der Waals surface area contributed by atoms with Gasteiger partial charge in [-0.3, -0.25) is 19.4 Å². The van der Waals surface area contributed by atoms with Crippen molar-refractivity contribution >= 4 is 23.4 Å². The van der Waals surface area contributed by atoms with Crippen LogP contribution in [0.4, 0.5) is 5.69 Å². The average Bonchev–Trinajstić information content (AvgIpc) is 3.07. The van der Waals surface area contributed by atoms with Crippen LogP contribution in [-0.2, 0) is 20.9 Å². The Labute approximate surface area is 182 Å². The van der Waals surface area contributed by atoms with Gasteiger partial charge in [0.25, 0.3) is 11.8 Å². The van der Waals surface area contributed by atoms with E-state index in [0.717, 1.165) is 16.8 Å². The Hall–Kier alpha value is -3.22. The Morgan fingerprint density at radius 2 is 1.74 bits per heavy atom. The molecule has 0 aliphatic carbocycles. The van der Waals surface area contributed by atoms with Gasteiger partial charge in [0.1, 0.15) is 6.54 Å². The molecule has 1 atom stereocenters. The SMILES string of the molecule is Cc1ccc(CN2C(=O)CN(C(C)C)C(=O)C23CCN(c2ccnc(C)c2)C3=O)cc1. The molecule has 31 heavy (non-hydrogen) atoms. The molecule has 2 fully saturated rings. The van der Waals surface area contributed by atoms with E-state index in [1.807, 2.05) is 58.0 Å². The van der Waals surface area contributed by atoms with Gasteiger partial charge in [-0.1, -0.05) is 29.8 Å². The minimum absolute atomic E-state index is 0.00818. The number of aromatic nitrogens is 1. The molecule has 2 aliphatic rings. The van der Waals surface area contributed by atoms with E-state index >= 15 is 0 Å². The minimum Gasteiger partial charge on any atom is -0.328 e. The van der Waals surface area contributed by atoms with Crippen molar-refractivity contribution in [2.45, 2.75) is 52.2 Å². The number of carbonyl (C=O) groups excluding carboxylic acids is 3. The van der Waals surface area contributed by atoms with Crippen LogP contribution in [0.2, 0.25) is 0 Å². The molecule has 0 N–H and O–H groups in total. The van der Waals surface area contributed by atoms with Crippen LogP contribution >= 0.6 is 0 Å².